The Morgan fingerprint density at radius 1 is 1.29 bits per heavy atom. The number of benzene rings is 1. The first kappa shape index (κ1) is 16.2. The summed E-state index contributed by atoms with van der Waals surface area (Å²) in [5.74, 6) is 0.0407. The van der Waals surface area contributed by atoms with Gasteiger partial charge in [-0.1, -0.05) is 43.7 Å². The molecule has 21 heavy (non-hydrogen) atoms. The van der Waals surface area contributed by atoms with Gasteiger partial charge in [-0.25, -0.2) is 12.7 Å². The maximum Gasteiger partial charge on any atom is 0.214 e. The second-order valence-corrected chi connectivity index (χ2v) is 7.69. The van der Waals surface area contributed by atoms with E-state index in [0.717, 1.165) is 19.3 Å². The standard InChI is InChI=1S/C16H23NO3S/c1-2-3-12-21(19,20)17-11-7-10-15(13-17)16(18)14-8-5-4-6-9-14/h4-6,8-9,15H,2-3,7,10-13H2,1H3. The molecule has 0 aromatic heterocycles. The van der Waals surface area contributed by atoms with E-state index < -0.39 is 10.0 Å². The zero-order valence-corrected chi connectivity index (χ0v) is 13.3. The number of carbonyl (C=O) groups is 1. The Balaban J connectivity index is 2.06. The summed E-state index contributed by atoms with van der Waals surface area (Å²) in [4.78, 5) is 12.5. The van der Waals surface area contributed by atoms with E-state index in [2.05, 4.69) is 0 Å². The molecule has 0 amide bonds. The van der Waals surface area contributed by atoms with E-state index in [4.69, 9.17) is 0 Å². The second kappa shape index (κ2) is 7.18. The first-order valence-corrected chi connectivity index (χ1v) is 9.22. The monoisotopic (exact) mass is 309 g/mol. The van der Waals surface area contributed by atoms with Crippen molar-refractivity contribution in [1.29, 1.82) is 0 Å². The highest BCUT2D eigenvalue weighted by molar-refractivity contribution is 7.89. The molecule has 1 fully saturated rings. The van der Waals surface area contributed by atoms with Crippen LogP contribution >= 0.6 is 0 Å². The molecule has 116 valence electrons. The number of rotatable bonds is 6. The van der Waals surface area contributed by atoms with Crippen molar-refractivity contribution < 1.29 is 13.2 Å². The highest BCUT2D eigenvalue weighted by Gasteiger charge is 2.32. The van der Waals surface area contributed by atoms with Gasteiger partial charge < -0.3 is 0 Å². The Morgan fingerprint density at radius 3 is 2.67 bits per heavy atom. The SMILES string of the molecule is CCCCS(=O)(=O)N1CCCC(C(=O)c2ccccc2)C1. The average molecular weight is 309 g/mol. The quantitative estimate of drug-likeness (QED) is 0.759. The summed E-state index contributed by atoms with van der Waals surface area (Å²) in [6.07, 6.45) is 3.07. The third-order valence-electron chi connectivity index (χ3n) is 3.96. The molecule has 1 aliphatic rings. The summed E-state index contributed by atoms with van der Waals surface area (Å²) in [7, 11) is -3.21. The van der Waals surface area contributed by atoms with Crippen LogP contribution in [0.2, 0.25) is 0 Å². The van der Waals surface area contributed by atoms with Gasteiger partial charge in [-0.3, -0.25) is 4.79 Å². The molecular formula is C16H23NO3S. The average Bonchev–Trinajstić information content (AvgIpc) is 2.53. The van der Waals surface area contributed by atoms with Crippen LogP contribution in [-0.2, 0) is 10.0 Å². The smallest absolute Gasteiger partial charge is 0.214 e. The lowest BCUT2D eigenvalue weighted by Crippen LogP contribution is -2.43. The molecule has 1 aliphatic heterocycles. The van der Waals surface area contributed by atoms with Crippen molar-refractivity contribution in [2.45, 2.75) is 32.6 Å². The van der Waals surface area contributed by atoms with Crippen molar-refractivity contribution in [3.05, 3.63) is 35.9 Å². The molecule has 2 rings (SSSR count). The minimum atomic E-state index is -3.21. The fourth-order valence-corrected chi connectivity index (χ4v) is 4.43. The molecule has 0 bridgehead atoms. The number of piperidine rings is 1. The van der Waals surface area contributed by atoms with Crippen LogP contribution in [-0.4, -0.2) is 37.3 Å². The van der Waals surface area contributed by atoms with E-state index in [9.17, 15) is 13.2 Å². The van der Waals surface area contributed by atoms with Crippen LogP contribution in [0.1, 0.15) is 43.0 Å². The zero-order chi connectivity index (χ0) is 15.3. The molecule has 5 heteroatoms. The zero-order valence-electron chi connectivity index (χ0n) is 12.5. The minimum absolute atomic E-state index is 0.0611. The van der Waals surface area contributed by atoms with E-state index >= 15 is 0 Å². The van der Waals surface area contributed by atoms with Crippen LogP contribution in [0.4, 0.5) is 0 Å². The number of ketones is 1. The molecule has 0 aliphatic carbocycles. The number of carbonyl (C=O) groups excluding carboxylic acids is 1. The highest BCUT2D eigenvalue weighted by Crippen LogP contribution is 2.23. The van der Waals surface area contributed by atoms with Crippen molar-refractivity contribution >= 4 is 15.8 Å². The topological polar surface area (TPSA) is 54.5 Å². The maximum atomic E-state index is 12.5. The van der Waals surface area contributed by atoms with Crippen LogP contribution in [0.5, 0.6) is 0 Å². The molecule has 1 unspecified atom stereocenters. The van der Waals surface area contributed by atoms with Crippen LogP contribution in [0, 0.1) is 5.92 Å². The lowest BCUT2D eigenvalue weighted by atomic mass is 9.91. The highest BCUT2D eigenvalue weighted by atomic mass is 32.2. The molecule has 0 saturated carbocycles. The number of nitrogens with zero attached hydrogens (tertiary/aromatic N) is 1. The summed E-state index contributed by atoms with van der Waals surface area (Å²) in [5.41, 5.74) is 0.676. The molecule has 1 aromatic carbocycles. The predicted octanol–water partition coefficient (Wildman–Crippen LogP) is 2.71. The summed E-state index contributed by atoms with van der Waals surface area (Å²) < 4.78 is 26.0. The molecule has 1 aromatic rings. The lowest BCUT2D eigenvalue weighted by Gasteiger charge is -2.31. The molecular weight excluding hydrogens is 286 g/mol. The van der Waals surface area contributed by atoms with Gasteiger partial charge in [-0.2, -0.15) is 0 Å². The van der Waals surface area contributed by atoms with Crippen molar-refractivity contribution in [2.24, 2.45) is 5.92 Å². The fourth-order valence-electron chi connectivity index (χ4n) is 2.70. The Morgan fingerprint density at radius 2 is 2.00 bits per heavy atom. The number of sulfonamides is 1. The van der Waals surface area contributed by atoms with Crippen LogP contribution in [0.3, 0.4) is 0 Å². The van der Waals surface area contributed by atoms with E-state index in [1.165, 1.54) is 4.31 Å². The van der Waals surface area contributed by atoms with Gasteiger partial charge in [-0.15, -0.1) is 0 Å². The maximum absolute atomic E-state index is 12.5. The first-order chi connectivity index (χ1) is 10.0. The van der Waals surface area contributed by atoms with Gasteiger partial charge in [0.05, 0.1) is 5.75 Å². The van der Waals surface area contributed by atoms with E-state index in [0.29, 0.717) is 25.1 Å². The number of Topliss-reactive ketones (excluding diaryl/α,β-unsaturated/α-hetero) is 1. The molecule has 4 nitrogen and oxygen atoms in total. The van der Waals surface area contributed by atoms with E-state index in [1.54, 1.807) is 12.1 Å². The van der Waals surface area contributed by atoms with Gasteiger partial charge in [0, 0.05) is 24.6 Å². The van der Waals surface area contributed by atoms with Gasteiger partial charge >= 0.3 is 0 Å². The largest absolute Gasteiger partial charge is 0.294 e. The second-order valence-electron chi connectivity index (χ2n) is 5.60. The van der Waals surface area contributed by atoms with Gasteiger partial charge in [-0.05, 0) is 19.3 Å². The van der Waals surface area contributed by atoms with Gasteiger partial charge in [0.1, 0.15) is 0 Å². The van der Waals surface area contributed by atoms with Gasteiger partial charge in [0.15, 0.2) is 5.78 Å². The Labute approximate surface area is 127 Å². The van der Waals surface area contributed by atoms with Gasteiger partial charge in [0.2, 0.25) is 10.0 Å². The molecule has 0 radical (unpaired) electrons. The molecule has 1 atom stereocenters. The molecule has 0 N–H and O–H groups in total. The summed E-state index contributed by atoms with van der Waals surface area (Å²) in [5, 5.41) is 0. The van der Waals surface area contributed by atoms with Crippen molar-refractivity contribution in [2.75, 3.05) is 18.8 Å². The normalized spacial score (nSPS) is 20.3. The Kier molecular flexibility index (Phi) is 5.53. The minimum Gasteiger partial charge on any atom is -0.294 e. The fraction of sp³-hybridized carbons (Fsp3) is 0.562. The number of hydrogen-bond donors (Lipinski definition) is 0. The third-order valence-corrected chi connectivity index (χ3v) is 5.89. The third kappa shape index (κ3) is 4.14. The summed E-state index contributed by atoms with van der Waals surface area (Å²) in [6, 6.07) is 9.15. The molecule has 1 heterocycles. The number of hydrogen-bond acceptors (Lipinski definition) is 3. The van der Waals surface area contributed by atoms with Crippen LogP contribution in [0.25, 0.3) is 0 Å². The first-order valence-electron chi connectivity index (χ1n) is 7.61. The van der Waals surface area contributed by atoms with Gasteiger partial charge in [0.25, 0.3) is 0 Å². The summed E-state index contributed by atoms with van der Waals surface area (Å²) in [6.45, 7) is 2.86. The molecule has 1 saturated heterocycles. The molecule has 0 spiro atoms. The summed E-state index contributed by atoms with van der Waals surface area (Å²) >= 11 is 0. The van der Waals surface area contributed by atoms with Crippen LogP contribution < -0.4 is 0 Å². The Bertz CT molecular complexity index is 568. The van der Waals surface area contributed by atoms with Crippen molar-refractivity contribution in [3.8, 4) is 0 Å². The van der Waals surface area contributed by atoms with E-state index in [1.807, 2.05) is 25.1 Å². The lowest BCUT2D eigenvalue weighted by molar-refractivity contribution is 0.0872. The Hall–Kier alpha value is -1.20. The van der Waals surface area contributed by atoms with Crippen LogP contribution in [0.15, 0.2) is 30.3 Å². The number of unbranched alkanes of at least 4 members (excludes halogenated alkanes) is 1. The van der Waals surface area contributed by atoms with Crippen molar-refractivity contribution in [1.82, 2.24) is 4.31 Å². The predicted molar refractivity (Wildman–Crippen MR) is 83.8 cm³/mol. The van der Waals surface area contributed by atoms with E-state index in [-0.39, 0.29) is 17.5 Å². The van der Waals surface area contributed by atoms with Crippen molar-refractivity contribution in [3.63, 3.8) is 0 Å².